The van der Waals surface area contributed by atoms with Crippen molar-refractivity contribution in [1.29, 1.82) is 0 Å². The second kappa shape index (κ2) is 3.84. The Kier molecular flexibility index (Phi) is 3.14. The molecule has 0 aromatic heterocycles. The van der Waals surface area contributed by atoms with Crippen LogP contribution >= 0.6 is 0 Å². The fourth-order valence-electron chi connectivity index (χ4n) is 1.20. The Morgan fingerprint density at radius 3 is 2.43 bits per heavy atom. The highest BCUT2D eigenvalue weighted by Crippen LogP contribution is 2.24. The third-order valence-electron chi connectivity index (χ3n) is 1.87. The summed E-state index contributed by atoms with van der Waals surface area (Å²) in [6.07, 6.45) is 0. The summed E-state index contributed by atoms with van der Waals surface area (Å²) >= 11 is 4.56. The molecule has 1 atom stereocenters. The van der Waals surface area contributed by atoms with Crippen LogP contribution in [0.3, 0.4) is 0 Å². The fourth-order valence-corrected chi connectivity index (χ4v) is 2.36. The molecule has 1 rings (SSSR count). The van der Waals surface area contributed by atoms with Crippen molar-refractivity contribution in [3.63, 3.8) is 0 Å². The molecule has 0 aliphatic heterocycles. The summed E-state index contributed by atoms with van der Waals surface area (Å²) in [6.45, 7) is 1.93. The third kappa shape index (κ3) is 2.43. The normalized spacial score (nSPS) is 14.9. The van der Waals surface area contributed by atoms with Crippen LogP contribution in [0.5, 0.6) is 0 Å². The van der Waals surface area contributed by atoms with Gasteiger partial charge in [-0.15, -0.1) is 0 Å². The number of benzene rings is 1. The molecule has 1 aromatic carbocycles. The largest absolute Gasteiger partial charge is 0.377 e. The van der Waals surface area contributed by atoms with E-state index >= 15 is 0 Å². The van der Waals surface area contributed by atoms with Crippen molar-refractivity contribution in [3.8, 4) is 0 Å². The minimum Gasteiger partial charge on any atom is -0.377 e. The molecule has 14 heavy (non-hydrogen) atoms. The predicted molar refractivity (Wildman–Crippen MR) is 61.9 cm³/mol. The zero-order chi connectivity index (χ0) is 10.9. The quantitative estimate of drug-likeness (QED) is 0.840. The summed E-state index contributed by atoms with van der Waals surface area (Å²) in [5, 5.41) is 0. The van der Waals surface area contributed by atoms with Crippen LogP contribution in [-0.4, -0.2) is 22.9 Å². The fraction of sp³-hybridized carbons (Fsp3) is 0.333. The van der Waals surface area contributed by atoms with Gasteiger partial charge in [-0.25, -0.2) is 4.21 Å². The standard InChI is InChI=1S/C9H13NO2S2/c1-7-4-5-9(14(11,12)13)8(6-7)10(2)3/h4-6H,1-3H3,(H,11,12,13). The zero-order valence-electron chi connectivity index (χ0n) is 8.35. The van der Waals surface area contributed by atoms with Crippen LogP contribution in [0.15, 0.2) is 23.1 Å². The van der Waals surface area contributed by atoms with Gasteiger partial charge in [-0.3, -0.25) is 0 Å². The van der Waals surface area contributed by atoms with E-state index in [1.807, 2.05) is 27.1 Å². The number of anilines is 1. The van der Waals surface area contributed by atoms with E-state index in [0.717, 1.165) is 5.56 Å². The van der Waals surface area contributed by atoms with Crippen molar-refractivity contribution in [1.82, 2.24) is 0 Å². The predicted octanol–water partition coefficient (Wildman–Crippen LogP) is 1.64. The SMILES string of the molecule is Cc1ccc(S(=O)(O)=S)c(N(C)C)c1. The van der Waals surface area contributed by atoms with Gasteiger partial charge in [0.1, 0.15) is 0 Å². The van der Waals surface area contributed by atoms with E-state index < -0.39 is 8.77 Å². The van der Waals surface area contributed by atoms with Gasteiger partial charge in [-0.2, -0.15) is 0 Å². The summed E-state index contributed by atoms with van der Waals surface area (Å²) in [5.41, 5.74) is 1.74. The van der Waals surface area contributed by atoms with Crippen LogP contribution in [-0.2, 0) is 20.0 Å². The topological polar surface area (TPSA) is 40.5 Å². The molecule has 0 amide bonds. The lowest BCUT2D eigenvalue weighted by atomic mass is 10.2. The lowest BCUT2D eigenvalue weighted by molar-refractivity contribution is 0.561. The van der Waals surface area contributed by atoms with E-state index in [1.54, 1.807) is 17.0 Å². The summed E-state index contributed by atoms with van der Waals surface area (Å²) in [7, 11) is 0.333. The molecule has 0 saturated heterocycles. The van der Waals surface area contributed by atoms with Crippen LogP contribution in [0.2, 0.25) is 0 Å². The van der Waals surface area contributed by atoms with Crippen LogP contribution < -0.4 is 4.90 Å². The van der Waals surface area contributed by atoms with E-state index in [-0.39, 0.29) is 0 Å². The Hall–Kier alpha value is -0.650. The summed E-state index contributed by atoms with van der Waals surface area (Å²) in [4.78, 5) is 2.09. The molecule has 0 fully saturated rings. The summed E-state index contributed by atoms with van der Waals surface area (Å²) in [6, 6.07) is 5.24. The highest BCUT2D eigenvalue weighted by Gasteiger charge is 2.13. The first-order chi connectivity index (χ1) is 6.32. The zero-order valence-corrected chi connectivity index (χ0v) is 9.98. The summed E-state index contributed by atoms with van der Waals surface area (Å²) in [5.74, 6) is 0. The van der Waals surface area contributed by atoms with Crippen molar-refractivity contribution in [2.75, 3.05) is 19.0 Å². The molecule has 1 N–H and O–H groups in total. The molecule has 78 valence electrons. The van der Waals surface area contributed by atoms with Gasteiger partial charge in [-0.1, -0.05) is 6.07 Å². The molecule has 1 unspecified atom stereocenters. The Morgan fingerprint density at radius 1 is 1.43 bits per heavy atom. The molecule has 0 saturated carbocycles. The molecule has 0 radical (unpaired) electrons. The van der Waals surface area contributed by atoms with Crippen molar-refractivity contribution in [2.24, 2.45) is 0 Å². The first-order valence-electron chi connectivity index (χ1n) is 4.08. The molecule has 5 heteroatoms. The van der Waals surface area contributed by atoms with Gasteiger partial charge in [0.05, 0.1) is 10.6 Å². The molecule has 0 spiro atoms. The average Bonchev–Trinajstić information content (AvgIpc) is 2.01. The van der Waals surface area contributed by atoms with Crippen LogP contribution in [0.4, 0.5) is 5.69 Å². The maximum atomic E-state index is 11.4. The Morgan fingerprint density at radius 2 is 2.00 bits per heavy atom. The van der Waals surface area contributed by atoms with Crippen LogP contribution in [0.1, 0.15) is 5.56 Å². The Labute approximate surface area is 89.2 Å². The van der Waals surface area contributed by atoms with Crippen LogP contribution in [0.25, 0.3) is 0 Å². The Bertz CT molecular complexity index is 438. The average molecular weight is 231 g/mol. The highest BCUT2D eigenvalue weighted by atomic mass is 32.8. The van der Waals surface area contributed by atoms with Crippen molar-refractivity contribution >= 4 is 25.6 Å². The van der Waals surface area contributed by atoms with Gasteiger partial charge in [0, 0.05) is 25.3 Å². The maximum Gasteiger partial charge on any atom is 0.173 e. The monoisotopic (exact) mass is 231 g/mol. The highest BCUT2D eigenvalue weighted by molar-refractivity contribution is 8.29. The molecule has 0 heterocycles. The number of aryl methyl sites for hydroxylation is 1. The third-order valence-corrected chi connectivity index (χ3v) is 3.31. The number of nitrogens with zero attached hydrogens (tertiary/aromatic N) is 1. The van der Waals surface area contributed by atoms with Gasteiger partial charge in [-0.05, 0) is 24.6 Å². The second-order valence-corrected chi connectivity index (χ2v) is 6.09. The summed E-state index contributed by atoms with van der Waals surface area (Å²) < 4.78 is 20.7. The van der Waals surface area contributed by atoms with Gasteiger partial charge in [0.15, 0.2) is 8.77 Å². The number of hydrogen-bond acceptors (Lipinski definition) is 3. The van der Waals surface area contributed by atoms with E-state index in [2.05, 4.69) is 11.2 Å². The molecule has 1 aromatic rings. The lowest BCUT2D eigenvalue weighted by Crippen LogP contribution is -2.13. The molecular weight excluding hydrogens is 218 g/mol. The van der Waals surface area contributed by atoms with Gasteiger partial charge in [0.2, 0.25) is 0 Å². The van der Waals surface area contributed by atoms with E-state index in [1.165, 1.54) is 0 Å². The molecule has 0 bridgehead atoms. The Balaban J connectivity index is 3.45. The van der Waals surface area contributed by atoms with Gasteiger partial charge in [0.25, 0.3) is 0 Å². The van der Waals surface area contributed by atoms with E-state index in [4.69, 9.17) is 0 Å². The van der Waals surface area contributed by atoms with Crippen molar-refractivity contribution in [3.05, 3.63) is 23.8 Å². The van der Waals surface area contributed by atoms with Crippen LogP contribution in [0, 0.1) is 6.92 Å². The first-order valence-corrected chi connectivity index (χ1v) is 6.52. The first kappa shape index (κ1) is 11.4. The second-order valence-electron chi connectivity index (χ2n) is 3.34. The van der Waals surface area contributed by atoms with Gasteiger partial charge >= 0.3 is 0 Å². The number of hydrogen-bond donors (Lipinski definition) is 1. The smallest absolute Gasteiger partial charge is 0.173 e. The minimum absolute atomic E-state index is 0.308. The maximum absolute atomic E-state index is 11.4. The minimum atomic E-state index is -3.30. The van der Waals surface area contributed by atoms with E-state index in [0.29, 0.717) is 10.6 Å². The molecular formula is C9H13NO2S2. The van der Waals surface area contributed by atoms with Gasteiger partial charge < -0.3 is 9.45 Å². The van der Waals surface area contributed by atoms with Crippen molar-refractivity contribution < 1.29 is 8.76 Å². The number of rotatable bonds is 2. The van der Waals surface area contributed by atoms with Crippen molar-refractivity contribution in [2.45, 2.75) is 11.8 Å². The molecule has 0 aliphatic carbocycles. The lowest BCUT2D eigenvalue weighted by Gasteiger charge is -2.17. The van der Waals surface area contributed by atoms with E-state index in [9.17, 15) is 8.76 Å². The molecule has 3 nitrogen and oxygen atoms in total. The molecule has 0 aliphatic rings.